The van der Waals surface area contributed by atoms with Gasteiger partial charge in [0.05, 0.1) is 29.0 Å². The van der Waals surface area contributed by atoms with Crippen LogP contribution in [0.15, 0.2) is 36.4 Å². The molecule has 1 N–H and O–H groups in total. The van der Waals surface area contributed by atoms with Crippen molar-refractivity contribution in [3.63, 3.8) is 0 Å². The van der Waals surface area contributed by atoms with Gasteiger partial charge < -0.3 is 14.7 Å². The van der Waals surface area contributed by atoms with Gasteiger partial charge in [0.2, 0.25) is 0 Å². The molecule has 0 spiro atoms. The number of hydrogen-bond donors (Lipinski definition) is 1. The van der Waals surface area contributed by atoms with E-state index in [9.17, 15) is 10.1 Å². The summed E-state index contributed by atoms with van der Waals surface area (Å²) in [5, 5.41) is 18.6. The van der Waals surface area contributed by atoms with E-state index >= 15 is 0 Å². The number of ether oxygens (including phenoxy) is 1. The molecule has 1 fully saturated rings. The number of nitriles is 1. The Hall–Kier alpha value is -3.00. The van der Waals surface area contributed by atoms with Gasteiger partial charge in [-0.05, 0) is 54.7 Å². The summed E-state index contributed by atoms with van der Waals surface area (Å²) in [5.74, 6) is 0.167. The summed E-state index contributed by atoms with van der Waals surface area (Å²) in [7, 11) is 0. The summed E-state index contributed by atoms with van der Waals surface area (Å²) in [6, 6.07) is 13.1. The summed E-state index contributed by atoms with van der Waals surface area (Å²) in [6.07, 6.45) is 2.40. The largest absolute Gasteiger partial charge is 0.490 e. The molecule has 0 saturated heterocycles. The maximum atomic E-state index is 11.2. The lowest BCUT2D eigenvalue weighted by Gasteiger charge is -2.32. The van der Waals surface area contributed by atoms with Crippen LogP contribution < -0.4 is 9.64 Å². The normalized spacial score (nSPS) is 16.0. The van der Waals surface area contributed by atoms with E-state index in [1.165, 1.54) is 18.4 Å². The number of rotatable bonds is 3. The first kappa shape index (κ1) is 14.6. The van der Waals surface area contributed by atoms with Gasteiger partial charge in [0, 0.05) is 0 Å². The Morgan fingerprint density at radius 1 is 1.21 bits per heavy atom. The van der Waals surface area contributed by atoms with Crippen molar-refractivity contribution in [3.05, 3.63) is 53.1 Å². The van der Waals surface area contributed by atoms with E-state index < -0.39 is 5.97 Å². The molecule has 2 aromatic carbocycles. The van der Waals surface area contributed by atoms with Gasteiger partial charge >= 0.3 is 5.97 Å². The lowest BCUT2D eigenvalue weighted by Crippen LogP contribution is -2.29. The molecule has 2 aliphatic rings. The van der Waals surface area contributed by atoms with Gasteiger partial charge in [-0.15, -0.1) is 0 Å². The van der Waals surface area contributed by atoms with Gasteiger partial charge in [0.25, 0.3) is 0 Å². The van der Waals surface area contributed by atoms with Crippen molar-refractivity contribution in [2.45, 2.75) is 18.8 Å². The Labute approximate surface area is 139 Å². The number of hydrogen-bond acceptors (Lipinski definition) is 4. The molecule has 5 nitrogen and oxygen atoms in total. The van der Waals surface area contributed by atoms with Gasteiger partial charge in [0.15, 0.2) is 0 Å². The summed E-state index contributed by atoms with van der Waals surface area (Å²) >= 11 is 0. The van der Waals surface area contributed by atoms with Crippen molar-refractivity contribution < 1.29 is 14.6 Å². The van der Waals surface area contributed by atoms with E-state index in [0.717, 1.165) is 11.4 Å². The average molecular weight is 320 g/mol. The predicted molar refractivity (Wildman–Crippen MR) is 89.0 cm³/mol. The van der Waals surface area contributed by atoms with Gasteiger partial charge in [-0.25, -0.2) is 4.79 Å². The number of fused-ring (bicyclic) bond motifs is 1. The molecule has 1 heterocycles. The number of nitrogens with zero attached hydrogens (tertiary/aromatic N) is 2. The molecule has 5 heteroatoms. The standard InChI is InChI=1S/C19H16N2O3/c20-11-15-4-3-13(12-1-2-12)9-17(15)21-7-8-24-18-10-14(19(22)23)5-6-16(18)21/h3-6,9-10,12H,1-2,7-8H2,(H,22,23). The van der Waals surface area contributed by atoms with Crippen molar-refractivity contribution in [2.75, 3.05) is 18.1 Å². The minimum absolute atomic E-state index is 0.197. The van der Waals surface area contributed by atoms with Crippen molar-refractivity contribution in [1.82, 2.24) is 0 Å². The monoisotopic (exact) mass is 320 g/mol. The zero-order chi connectivity index (χ0) is 16.7. The Kier molecular flexibility index (Phi) is 3.39. The van der Waals surface area contributed by atoms with Crippen LogP contribution in [0.2, 0.25) is 0 Å². The molecule has 0 aromatic heterocycles. The number of benzene rings is 2. The predicted octanol–water partition coefficient (Wildman–Crippen LogP) is 3.66. The minimum Gasteiger partial charge on any atom is -0.490 e. The molecule has 4 rings (SSSR count). The summed E-state index contributed by atoms with van der Waals surface area (Å²) in [5.41, 5.74) is 3.75. The molecule has 0 amide bonds. The quantitative estimate of drug-likeness (QED) is 0.934. The highest BCUT2D eigenvalue weighted by Crippen LogP contribution is 2.44. The molecule has 0 atom stereocenters. The van der Waals surface area contributed by atoms with Crippen molar-refractivity contribution in [1.29, 1.82) is 5.26 Å². The van der Waals surface area contributed by atoms with E-state index in [2.05, 4.69) is 17.0 Å². The van der Waals surface area contributed by atoms with Crippen LogP contribution in [0.25, 0.3) is 0 Å². The van der Waals surface area contributed by atoms with Gasteiger partial charge in [0.1, 0.15) is 18.4 Å². The Balaban J connectivity index is 1.80. The lowest BCUT2D eigenvalue weighted by atomic mass is 10.0. The second-order valence-electron chi connectivity index (χ2n) is 6.15. The molecule has 1 aliphatic carbocycles. The molecule has 2 aromatic rings. The zero-order valence-corrected chi connectivity index (χ0v) is 13.0. The van der Waals surface area contributed by atoms with Gasteiger partial charge in [-0.3, -0.25) is 0 Å². The molecular formula is C19H16N2O3. The molecule has 0 bridgehead atoms. The smallest absolute Gasteiger partial charge is 0.335 e. The second kappa shape index (κ2) is 5.57. The van der Waals surface area contributed by atoms with Crippen LogP contribution in [0, 0.1) is 11.3 Å². The molecule has 1 saturated carbocycles. The average Bonchev–Trinajstić information content (AvgIpc) is 3.45. The number of anilines is 2. The van der Waals surface area contributed by atoms with E-state index in [-0.39, 0.29) is 5.56 Å². The van der Waals surface area contributed by atoms with Crippen LogP contribution in [0.1, 0.15) is 40.2 Å². The highest BCUT2D eigenvalue weighted by Gasteiger charge is 2.27. The number of carbonyl (C=O) groups is 1. The van der Waals surface area contributed by atoms with Gasteiger partial charge in [-0.2, -0.15) is 5.26 Å². The molecular weight excluding hydrogens is 304 g/mol. The highest BCUT2D eigenvalue weighted by atomic mass is 16.5. The van der Waals surface area contributed by atoms with Crippen LogP contribution >= 0.6 is 0 Å². The fraction of sp³-hybridized carbons (Fsp3) is 0.263. The molecule has 120 valence electrons. The first-order valence-electron chi connectivity index (χ1n) is 7.99. The van der Waals surface area contributed by atoms with Crippen molar-refractivity contribution in [2.24, 2.45) is 0 Å². The Bertz CT molecular complexity index is 865. The second-order valence-corrected chi connectivity index (χ2v) is 6.15. The maximum absolute atomic E-state index is 11.2. The summed E-state index contributed by atoms with van der Waals surface area (Å²) < 4.78 is 5.64. The van der Waals surface area contributed by atoms with Gasteiger partial charge in [-0.1, -0.05) is 6.07 Å². The fourth-order valence-corrected chi connectivity index (χ4v) is 3.14. The first-order valence-corrected chi connectivity index (χ1v) is 7.99. The SMILES string of the molecule is N#Cc1ccc(C2CC2)cc1N1CCOc2cc(C(=O)O)ccc21. The van der Waals surface area contributed by atoms with Crippen molar-refractivity contribution >= 4 is 17.3 Å². The number of carboxylic acid groups (broad SMARTS) is 1. The summed E-state index contributed by atoms with van der Waals surface area (Å²) in [4.78, 5) is 13.2. The number of aromatic carboxylic acids is 1. The lowest BCUT2D eigenvalue weighted by molar-refractivity contribution is 0.0696. The first-order chi connectivity index (χ1) is 11.7. The topological polar surface area (TPSA) is 73.6 Å². The molecule has 0 unspecified atom stereocenters. The van der Waals surface area contributed by atoms with E-state index in [1.807, 2.05) is 12.1 Å². The van der Waals surface area contributed by atoms with E-state index in [1.54, 1.807) is 18.2 Å². The van der Waals surface area contributed by atoms with Crippen LogP contribution in [0.3, 0.4) is 0 Å². The molecule has 1 aliphatic heterocycles. The highest BCUT2D eigenvalue weighted by molar-refractivity contribution is 5.90. The summed E-state index contributed by atoms with van der Waals surface area (Å²) in [6.45, 7) is 1.08. The fourth-order valence-electron chi connectivity index (χ4n) is 3.14. The van der Waals surface area contributed by atoms with Crippen molar-refractivity contribution in [3.8, 4) is 11.8 Å². The molecule has 24 heavy (non-hydrogen) atoms. The Morgan fingerprint density at radius 2 is 2.04 bits per heavy atom. The third kappa shape index (κ3) is 2.46. The van der Waals surface area contributed by atoms with Crippen LogP contribution in [0.4, 0.5) is 11.4 Å². The van der Waals surface area contributed by atoms with E-state index in [0.29, 0.717) is 30.4 Å². The van der Waals surface area contributed by atoms with Crippen LogP contribution in [0.5, 0.6) is 5.75 Å². The third-order valence-electron chi connectivity index (χ3n) is 4.55. The van der Waals surface area contributed by atoms with Crippen LogP contribution in [-0.4, -0.2) is 24.2 Å². The minimum atomic E-state index is -0.980. The third-order valence-corrected chi connectivity index (χ3v) is 4.55. The number of carboxylic acids is 1. The zero-order valence-electron chi connectivity index (χ0n) is 13.0. The maximum Gasteiger partial charge on any atom is 0.335 e. The van der Waals surface area contributed by atoms with E-state index in [4.69, 9.17) is 9.84 Å². The molecule has 0 radical (unpaired) electrons. The van der Waals surface area contributed by atoms with Crippen LogP contribution in [-0.2, 0) is 0 Å². The Morgan fingerprint density at radius 3 is 2.75 bits per heavy atom.